The summed E-state index contributed by atoms with van der Waals surface area (Å²) in [5, 5.41) is 2.49. The summed E-state index contributed by atoms with van der Waals surface area (Å²) in [5.41, 5.74) is 0.954. The summed E-state index contributed by atoms with van der Waals surface area (Å²) in [6.07, 6.45) is 1.18. The van der Waals surface area contributed by atoms with E-state index in [1.807, 2.05) is 0 Å². The van der Waals surface area contributed by atoms with Gasteiger partial charge in [0.25, 0.3) is 0 Å². The summed E-state index contributed by atoms with van der Waals surface area (Å²) in [6.45, 7) is 0.532. The minimum absolute atomic E-state index is 0.327. The van der Waals surface area contributed by atoms with Crippen LogP contribution in [0.1, 0.15) is 5.56 Å². The molecular formula is C9H11NO2S. The second kappa shape index (κ2) is 3.89. The van der Waals surface area contributed by atoms with Crippen LogP contribution in [0.25, 0.3) is 0 Å². The smallest absolute Gasteiger partial charge is 0.175 e. The average Bonchev–Trinajstić information content (AvgIpc) is 2.04. The van der Waals surface area contributed by atoms with E-state index in [0.717, 1.165) is 5.56 Å². The predicted octanol–water partition coefficient (Wildman–Crippen LogP) is 0.848. The van der Waals surface area contributed by atoms with Crippen LogP contribution in [-0.2, 0) is 16.4 Å². The van der Waals surface area contributed by atoms with Crippen LogP contribution >= 0.6 is 0 Å². The van der Waals surface area contributed by atoms with Crippen LogP contribution in [0.2, 0.25) is 0 Å². The van der Waals surface area contributed by atoms with Gasteiger partial charge in [0.1, 0.15) is 0 Å². The molecule has 1 aromatic rings. The molecule has 3 nitrogen and oxygen atoms in total. The first kappa shape index (κ1) is 10.2. The first-order valence-electron chi connectivity index (χ1n) is 3.76. The van der Waals surface area contributed by atoms with E-state index in [9.17, 15) is 8.42 Å². The molecule has 0 aliphatic heterocycles. The van der Waals surface area contributed by atoms with E-state index >= 15 is 0 Å². The number of rotatable bonds is 3. The van der Waals surface area contributed by atoms with Gasteiger partial charge >= 0.3 is 0 Å². The van der Waals surface area contributed by atoms with Gasteiger partial charge in [-0.15, -0.1) is 0 Å². The van der Waals surface area contributed by atoms with Crippen molar-refractivity contribution in [2.75, 3.05) is 6.26 Å². The molecular weight excluding hydrogens is 186 g/mol. The van der Waals surface area contributed by atoms with E-state index in [1.54, 1.807) is 24.3 Å². The van der Waals surface area contributed by atoms with E-state index in [1.165, 1.54) is 6.26 Å². The maximum absolute atomic E-state index is 11.1. The first-order chi connectivity index (χ1) is 6.04. The van der Waals surface area contributed by atoms with Crippen molar-refractivity contribution in [2.45, 2.75) is 11.4 Å². The van der Waals surface area contributed by atoms with E-state index in [4.69, 9.17) is 7.05 Å². The van der Waals surface area contributed by atoms with E-state index in [-0.39, 0.29) is 0 Å². The Hall–Kier alpha value is -0.870. The van der Waals surface area contributed by atoms with Gasteiger partial charge < -0.3 is 5.32 Å². The molecule has 0 heterocycles. The van der Waals surface area contributed by atoms with Crippen LogP contribution in [0.4, 0.5) is 0 Å². The Morgan fingerprint density at radius 2 is 1.85 bits per heavy atom. The lowest BCUT2D eigenvalue weighted by atomic mass is 10.2. The summed E-state index contributed by atoms with van der Waals surface area (Å²) < 4.78 is 22.1. The second-order valence-electron chi connectivity index (χ2n) is 2.80. The molecule has 0 bridgehead atoms. The zero-order valence-electron chi connectivity index (χ0n) is 7.32. The molecule has 0 spiro atoms. The lowest BCUT2D eigenvalue weighted by Crippen LogP contribution is -2.03. The molecule has 70 valence electrons. The Labute approximate surface area is 78.7 Å². The monoisotopic (exact) mass is 197 g/mol. The topological polar surface area (TPSA) is 46.2 Å². The van der Waals surface area contributed by atoms with Gasteiger partial charge in [0, 0.05) is 19.8 Å². The van der Waals surface area contributed by atoms with Gasteiger partial charge in [0.2, 0.25) is 0 Å². The third-order valence-electron chi connectivity index (χ3n) is 1.66. The molecule has 4 heteroatoms. The molecule has 0 saturated heterocycles. The van der Waals surface area contributed by atoms with Crippen LogP contribution in [0.5, 0.6) is 0 Å². The fourth-order valence-electron chi connectivity index (χ4n) is 0.972. The van der Waals surface area contributed by atoms with Crippen LogP contribution in [0.15, 0.2) is 29.2 Å². The van der Waals surface area contributed by atoms with Crippen molar-refractivity contribution in [3.8, 4) is 0 Å². The highest BCUT2D eigenvalue weighted by Crippen LogP contribution is 2.09. The highest BCUT2D eigenvalue weighted by Gasteiger charge is 2.05. The van der Waals surface area contributed by atoms with E-state index in [0.29, 0.717) is 11.4 Å². The molecule has 0 amide bonds. The summed E-state index contributed by atoms with van der Waals surface area (Å²) in [4.78, 5) is 0.327. The van der Waals surface area contributed by atoms with E-state index in [2.05, 4.69) is 5.32 Å². The minimum atomic E-state index is -3.09. The maximum Gasteiger partial charge on any atom is 0.175 e. The molecule has 13 heavy (non-hydrogen) atoms. The second-order valence-corrected chi connectivity index (χ2v) is 4.81. The Morgan fingerprint density at radius 1 is 1.31 bits per heavy atom. The quantitative estimate of drug-likeness (QED) is 0.731. The van der Waals surface area contributed by atoms with Crippen molar-refractivity contribution in [2.24, 2.45) is 0 Å². The Bertz CT molecular complexity index is 367. The number of benzene rings is 1. The van der Waals surface area contributed by atoms with Crippen LogP contribution in [0.3, 0.4) is 0 Å². The molecule has 0 aromatic heterocycles. The number of hydrogen-bond donors (Lipinski definition) is 1. The molecule has 1 N–H and O–H groups in total. The number of hydrogen-bond acceptors (Lipinski definition) is 3. The highest BCUT2D eigenvalue weighted by molar-refractivity contribution is 7.90. The molecule has 1 aromatic carbocycles. The molecule has 0 saturated carbocycles. The van der Waals surface area contributed by atoms with Crippen molar-refractivity contribution in [3.05, 3.63) is 36.9 Å². The van der Waals surface area contributed by atoms with Gasteiger partial charge in [-0.05, 0) is 17.7 Å². The van der Waals surface area contributed by atoms with Crippen LogP contribution in [-0.4, -0.2) is 14.7 Å². The van der Waals surface area contributed by atoms with Gasteiger partial charge in [0.05, 0.1) is 4.90 Å². The summed E-state index contributed by atoms with van der Waals surface area (Å²) in [5.74, 6) is 0. The van der Waals surface area contributed by atoms with Gasteiger partial charge in [0.15, 0.2) is 9.84 Å². The highest BCUT2D eigenvalue weighted by atomic mass is 32.2. The number of nitrogens with one attached hydrogen (secondary N) is 1. The normalized spacial score (nSPS) is 11.5. The lowest BCUT2D eigenvalue weighted by molar-refractivity contribution is 0.602. The fourth-order valence-corrected chi connectivity index (χ4v) is 1.60. The number of sulfone groups is 1. The predicted molar refractivity (Wildman–Crippen MR) is 50.7 cm³/mol. The zero-order chi connectivity index (χ0) is 9.90. The fraction of sp³-hybridized carbons (Fsp3) is 0.222. The zero-order valence-corrected chi connectivity index (χ0v) is 8.14. The van der Waals surface area contributed by atoms with Crippen molar-refractivity contribution in [3.63, 3.8) is 0 Å². The van der Waals surface area contributed by atoms with Gasteiger partial charge in [-0.2, -0.15) is 0 Å². The lowest BCUT2D eigenvalue weighted by Gasteiger charge is -2.01. The van der Waals surface area contributed by atoms with Crippen molar-refractivity contribution in [1.29, 1.82) is 0 Å². The van der Waals surface area contributed by atoms with Crippen molar-refractivity contribution in [1.82, 2.24) is 5.32 Å². The third-order valence-corrected chi connectivity index (χ3v) is 2.79. The first-order valence-corrected chi connectivity index (χ1v) is 5.65. The third kappa shape index (κ3) is 2.82. The summed E-state index contributed by atoms with van der Waals surface area (Å²) in [6, 6.07) is 6.61. The van der Waals surface area contributed by atoms with Gasteiger partial charge in [-0.3, -0.25) is 0 Å². The molecule has 0 aliphatic rings. The largest absolute Gasteiger partial charge is 0.307 e. The molecule has 0 unspecified atom stereocenters. The van der Waals surface area contributed by atoms with Crippen molar-refractivity contribution < 1.29 is 8.42 Å². The molecule has 0 aliphatic carbocycles. The molecule has 1 rings (SSSR count). The molecule has 0 atom stereocenters. The summed E-state index contributed by atoms with van der Waals surface area (Å²) >= 11 is 0. The van der Waals surface area contributed by atoms with Crippen LogP contribution < -0.4 is 5.32 Å². The molecule has 0 fully saturated rings. The van der Waals surface area contributed by atoms with Crippen molar-refractivity contribution >= 4 is 9.84 Å². The SMILES string of the molecule is [CH]NCc1ccc(S(C)(=O)=O)cc1. The average molecular weight is 197 g/mol. The summed E-state index contributed by atoms with van der Waals surface area (Å²) in [7, 11) is 2.03. The molecule has 2 radical (unpaired) electrons. The van der Waals surface area contributed by atoms with Crippen LogP contribution in [0, 0.1) is 7.05 Å². The van der Waals surface area contributed by atoms with Gasteiger partial charge in [-0.25, -0.2) is 8.42 Å². The Kier molecular flexibility index (Phi) is 3.06. The standard InChI is InChI=1S/C9H11NO2S/c1-10-7-8-3-5-9(6-4-8)13(2,11)12/h1,3-6,10H,7H2,2H3. The Morgan fingerprint density at radius 3 is 2.23 bits per heavy atom. The van der Waals surface area contributed by atoms with E-state index < -0.39 is 9.84 Å². The minimum Gasteiger partial charge on any atom is -0.307 e. The van der Waals surface area contributed by atoms with Gasteiger partial charge in [-0.1, -0.05) is 12.1 Å². The maximum atomic E-state index is 11.1. The Balaban J connectivity index is 2.94.